The van der Waals surface area contributed by atoms with E-state index in [1.807, 2.05) is 30.3 Å². The van der Waals surface area contributed by atoms with Gasteiger partial charge in [-0.25, -0.2) is 4.98 Å². The van der Waals surface area contributed by atoms with Crippen molar-refractivity contribution in [3.63, 3.8) is 0 Å². The van der Waals surface area contributed by atoms with Crippen molar-refractivity contribution in [3.05, 3.63) is 58.9 Å². The molecule has 1 amide bonds. The predicted molar refractivity (Wildman–Crippen MR) is 95.1 cm³/mol. The first kappa shape index (κ1) is 17.3. The summed E-state index contributed by atoms with van der Waals surface area (Å²) in [6.45, 7) is 3.64. The molecule has 0 aliphatic heterocycles. The molecule has 0 atom stereocenters. The molecule has 5 heteroatoms. The van der Waals surface area contributed by atoms with E-state index in [1.54, 1.807) is 12.3 Å². The Bertz CT molecular complexity index is 611. The molecule has 0 unspecified atom stereocenters. The number of benzene rings is 1. The van der Waals surface area contributed by atoms with Crippen molar-refractivity contribution in [1.82, 2.24) is 10.3 Å². The molecule has 4 nitrogen and oxygen atoms in total. The first-order valence-electron chi connectivity index (χ1n) is 7.91. The lowest BCUT2D eigenvalue weighted by Gasteiger charge is -2.07. The van der Waals surface area contributed by atoms with E-state index in [1.165, 1.54) is 0 Å². The molecule has 1 aromatic heterocycles. The summed E-state index contributed by atoms with van der Waals surface area (Å²) in [4.78, 5) is 16.2. The summed E-state index contributed by atoms with van der Waals surface area (Å²) in [5, 5.41) is 6.87. The summed E-state index contributed by atoms with van der Waals surface area (Å²) in [5.74, 6) is -0.154. The highest BCUT2D eigenvalue weighted by atomic mass is 35.5. The lowest BCUT2D eigenvalue weighted by molar-refractivity contribution is 0.0949. The normalized spacial score (nSPS) is 10.3. The zero-order valence-electron chi connectivity index (χ0n) is 13.3. The highest BCUT2D eigenvalue weighted by Crippen LogP contribution is 2.10. The second-order valence-corrected chi connectivity index (χ2v) is 5.78. The Labute approximate surface area is 142 Å². The Hall–Kier alpha value is -2.07. The zero-order valence-corrected chi connectivity index (χ0v) is 14.1. The number of anilines is 1. The average Bonchev–Trinajstić information content (AvgIpc) is 2.57. The van der Waals surface area contributed by atoms with Crippen molar-refractivity contribution < 1.29 is 4.79 Å². The minimum atomic E-state index is -0.154. The molecule has 23 heavy (non-hydrogen) atoms. The molecule has 0 fully saturated rings. The topological polar surface area (TPSA) is 54.0 Å². The van der Waals surface area contributed by atoms with Crippen LogP contribution >= 0.6 is 11.6 Å². The SMILES string of the molecule is CCCCNc1ccc(C(=O)NCCc2ccc(Cl)cc2)nc1. The fourth-order valence-electron chi connectivity index (χ4n) is 2.10. The van der Waals surface area contributed by atoms with E-state index in [4.69, 9.17) is 11.6 Å². The Morgan fingerprint density at radius 1 is 1.13 bits per heavy atom. The minimum absolute atomic E-state index is 0.154. The number of nitrogens with one attached hydrogen (secondary N) is 2. The zero-order chi connectivity index (χ0) is 16.5. The maximum Gasteiger partial charge on any atom is 0.269 e. The van der Waals surface area contributed by atoms with Gasteiger partial charge in [-0.1, -0.05) is 37.1 Å². The summed E-state index contributed by atoms with van der Waals surface area (Å²) in [6, 6.07) is 11.3. The second kappa shape index (κ2) is 9.16. The number of aromatic nitrogens is 1. The van der Waals surface area contributed by atoms with Crippen molar-refractivity contribution in [1.29, 1.82) is 0 Å². The van der Waals surface area contributed by atoms with Gasteiger partial charge in [0, 0.05) is 18.1 Å². The lowest BCUT2D eigenvalue weighted by atomic mass is 10.1. The fourth-order valence-corrected chi connectivity index (χ4v) is 2.23. The van der Waals surface area contributed by atoms with E-state index < -0.39 is 0 Å². The standard InChI is InChI=1S/C18H22ClN3O/c1-2-3-11-20-16-8-9-17(22-13-16)18(23)21-12-10-14-4-6-15(19)7-5-14/h4-9,13,20H,2-3,10-12H2,1H3,(H,21,23). The van der Waals surface area contributed by atoms with Crippen LogP contribution in [0.25, 0.3) is 0 Å². The molecule has 0 bridgehead atoms. The number of halogens is 1. The Balaban J connectivity index is 1.77. The Morgan fingerprint density at radius 3 is 2.57 bits per heavy atom. The molecule has 2 aromatic rings. The third kappa shape index (κ3) is 5.91. The van der Waals surface area contributed by atoms with Gasteiger partial charge in [-0.2, -0.15) is 0 Å². The van der Waals surface area contributed by atoms with Crippen molar-refractivity contribution in [3.8, 4) is 0 Å². The van der Waals surface area contributed by atoms with Crippen LogP contribution in [0.3, 0.4) is 0 Å². The number of carbonyl (C=O) groups is 1. The molecule has 0 radical (unpaired) electrons. The van der Waals surface area contributed by atoms with Crippen LogP contribution in [0.4, 0.5) is 5.69 Å². The van der Waals surface area contributed by atoms with Gasteiger partial charge in [0.15, 0.2) is 0 Å². The van der Waals surface area contributed by atoms with Crippen LogP contribution in [0.2, 0.25) is 5.02 Å². The number of pyridine rings is 1. The fraction of sp³-hybridized carbons (Fsp3) is 0.333. The highest BCUT2D eigenvalue weighted by molar-refractivity contribution is 6.30. The number of amides is 1. The van der Waals surface area contributed by atoms with E-state index in [9.17, 15) is 4.79 Å². The average molecular weight is 332 g/mol. The van der Waals surface area contributed by atoms with Crippen molar-refractivity contribution in [2.45, 2.75) is 26.2 Å². The second-order valence-electron chi connectivity index (χ2n) is 5.34. The Morgan fingerprint density at radius 2 is 1.91 bits per heavy atom. The van der Waals surface area contributed by atoms with E-state index in [0.717, 1.165) is 42.1 Å². The molecule has 1 heterocycles. The van der Waals surface area contributed by atoms with Gasteiger partial charge in [-0.05, 0) is 42.7 Å². The first-order chi connectivity index (χ1) is 11.2. The summed E-state index contributed by atoms with van der Waals surface area (Å²) in [6.07, 6.45) is 4.73. The van der Waals surface area contributed by atoms with Crippen LogP contribution < -0.4 is 10.6 Å². The molecular formula is C18H22ClN3O. The van der Waals surface area contributed by atoms with Gasteiger partial charge in [-0.15, -0.1) is 0 Å². The van der Waals surface area contributed by atoms with Crippen LogP contribution in [-0.4, -0.2) is 24.0 Å². The maximum absolute atomic E-state index is 12.0. The maximum atomic E-state index is 12.0. The van der Waals surface area contributed by atoms with Gasteiger partial charge in [0.2, 0.25) is 0 Å². The van der Waals surface area contributed by atoms with Crippen LogP contribution in [0.15, 0.2) is 42.6 Å². The first-order valence-corrected chi connectivity index (χ1v) is 8.29. The summed E-state index contributed by atoms with van der Waals surface area (Å²) < 4.78 is 0. The van der Waals surface area contributed by atoms with Crippen molar-refractivity contribution in [2.24, 2.45) is 0 Å². The number of hydrogen-bond donors (Lipinski definition) is 2. The number of nitrogens with zero attached hydrogens (tertiary/aromatic N) is 1. The van der Waals surface area contributed by atoms with E-state index in [2.05, 4.69) is 22.5 Å². The van der Waals surface area contributed by atoms with E-state index >= 15 is 0 Å². The summed E-state index contributed by atoms with van der Waals surface area (Å²) in [7, 11) is 0. The number of carbonyl (C=O) groups excluding carboxylic acids is 1. The third-order valence-corrected chi connectivity index (χ3v) is 3.72. The largest absolute Gasteiger partial charge is 0.384 e. The molecule has 2 N–H and O–H groups in total. The third-order valence-electron chi connectivity index (χ3n) is 3.47. The molecule has 0 aliphatic rings. The molecule has 2 rings (SSSR count). The van der Waals surface area contributed by atoms with Gasteiger partial charge in [-0.3, -0.25) is 4.79 Å². The number of hydrogen-bond acceptors (Lipinski definition) is 3. The molecule has 0 aliphatic carbocycles. The predicted octanol–water partition coefficient (Wildman–Crippen LogP) is 3.92. The monoisotopic (exact) mass is 331 g/mol. The van der Waals surface area contributed by atoms with E-state index in [0.29, 0.717) is 12.2 Å². The molecule has 0 saturated carbocycles. The molecule has 0 spiro atoms. The van der Waals surface area contributed by atoms with Gasteiger partial charge in [0.25, 0.3) is 5.91 Å². The molecule has 122 valence electrons. The lowest BCUT2D eigenvalue weighted by Crippen LogP contribution is -2.26. The van der Waals surface area contributed by atoms with E-state index in [-0.39, 0.29) is 5.91 Å². The quantitative estimate of drug-likeness (QED) is 0.721. The van der Waals surface area contributed by atoms with Crippen molar-refractivity contribution in [2.75, 3.05) is 18.4 Å². The highest BCUT2D eigenvalue weighted by Gasteiger charge is 2.06. The minimum Gasteiger partial charge on any atom is -0.384 e. The van der Waals surface area contributed by atoms with Gasteiger partial charge in [0.05, 0.1) is 11.9 Å². The Kier molecular flexibility index (Phi) is 6.88. The van der Waals surface area contributed by atoms with Crippen LogP contribution in [0.5, 0.6) is 0 Å². The number of rotatable bonds is 8. The molecular weight excluding hydrogens is 310 g/mol. The van der Waals surface area contributed by atoms with Gasteiger partial charge >= 0.3 is 0 Å². The van der Waals surface area contributed by atoms with Crippen LogP contribution in [0.1, 0.15) is 35.8 Å². The summed E-state index contributed by atoms with van der Waals surface area (Å²) >= 11 is 5.85. The molecule has 0 saturated heterocycles. The van der Waals surface area contributed by atoms with Crippen molar-refractivity contribution >= 4 is 23.2 Å². The van der Waals surface area contributed by atoms with Crippen LogP contribution in [0, 0.1) is 0 Å². The van der Waals surface area contributed by atoms with Gasteiger partial charge in [0.1, 0.15) is 5.69 Å². The van der Waals surface area contributed by atoms with Crippen LogP contribution in [-0.2, 0) is 6.42 Å². The smallest absolute Gasteiger partial charge is 0.269 e. The number of unbranched alkanes of at least 4 members (excludes halogenated alkanes) is 1. The van der Waals surface area contributed by atoms with Gasteiger partial charge < -0.3 is 10.6 Å². The molecule has 1 aromatic carbocycles. The summed E-state index contributed by atoms with van der Waals surface area (Å²) in [5.41, 5.74) is 2.51.